The van der Waals surface area contributed by atoms with Crippen molar-refractivity contribution in [1.82, 2.24) is 19.9 Å². The SMILES string of the molecule is Cc1ccnc(Nc2cc(N3CCN(C(=O)Nc4ccc5c(c4)OCO5)CC3)nc(C)n2)c1. The van der Waals surface area contributed by atoms with Crippen molar-refractivity contribution >= 4 is 29.2 Å². The fraction of sp³-hybridized carbons (Fsp3) is 0.304. The second-order valence-electron chi connectivity index (χ2n) is 7.97. The minimum absolute atomic E-state index is 0.139. The van der Waals surface area contributed by atoms with Gasteiger partial charge in [-0.3, -0.25) is 0 Å². The first-order valence-corrected chi connectivity index (χ1v) is 10.8. The maximum Gasteiger partial charge on any atom is 0.321 e. The first-order chi connectivity index (χ1) is 16.0. The zero-order chi connectivity index (χ0) is 22.8. The number of fused-ring (bicyclic) bond motifs is 1. The molecule has 10 heteroatoms. The van der Waals surface area contributed by atoms with Gasteiger partial charge in [-0.2, -0.15) is 0 Å². The van der Waals surface area contributed by atoms with Crippen LogP contribution in [-0.2, 0) is 0 Å². The lowest BCUT2D eigenvalue weighted by atomic mass is 10.2. The number of pyridine rings is 1. The van der Waals surface area contributed by atoms with Crippen LogP contribution < -0.4 is 25.0 Å². The highest BCUT2D eigenvalue weighted by Crippen LogP contribution is 2.34. The Morgan fingerprint density at radius 1 is 0.939 bits per heavy atom. The molecule has 0 atom stereocenters. The third-order valence-electron chi connectivity index (χ3n) is 5.51. The van der Waals surface area contributed by atoms with E-state index in [0.29, 0.717) is 55.0 Å². The first kappa shape index (κ1) is 20.8. The van der Waals surface area contributed by atoms with Crippen LogP contribution in [0, 0.1) is 13.8 Å². The summed E-state index contributed by atoms with van der Waals surface area (Å²) in [5, 5.41) is 6.19. The zero-order valence-corrected chi connectivity index (χ0v) is 18.5. The minimum Gasteiger partial charge on any atom is -0.454 e. The van der Waals surface area contributed by atoms with Gasteiger partial charge in [-0.25, -0.2) is 19.7 Å². The van der Waals surface area contributed by atoms with Crippen molar-refractivity contribution in [2.75, 3.05) is 48.5 Å². The third kappa shape index (κ3) is 4.74. The molecular weight excluding hydrogens is 422 g/mol. The fourth-order valence-corrected chi connectivity index (χ4v) is 3.83. The molecule has 0 aliphatic carbocycles. The number of rotatable bonds is 4. The lowest BCUT2D eigenvalue weighted by Gasteiger charge is -2.35. The molecule has 0 bridgehead atoms. The minimum atomic E-state index is -0.139. The molecule has 2 aliphatic heterocycles. The van der Waals surface area contributed by atoms with Crippen LogP contribution in [0.3, 0.4) is 0 Å². The number of anilines is 4. The van der Waals surface area contributed by atoms with Gasteiger partial charge in [-0.15, -0.1) is 0 Å². The number of benzene rings is 1. The number of ether oxygens (including phenoxy) is 2. The van der Waals surface area contributed by atoms with Gasteiger partial charge in [-0.05, 0) is 43.7 Å². The van der Waals surface area contributed by atoms with E-state index in [1.807, 2.05) is 38.1 Å². The number of urea groups is 1. The summed E-state index contributed by atoms with van der Waals surface area (Å²) in [7, 11) is 0. The first-order valence-electron chi connectivity index (χ1n) is 10.8. The van der Waals surface area contributed by atoms with Crippen molar-refractivity contribution in [2.24, 2.45) is 0 Å². The van der Waals surface area contributed by atoms with E-state index >= 15 is 0 Å². The van der Waals surface area contributed by atoms with Crippen LogP contribution in [0.4, 0.5) is 27.9 Å². The Morgan fingerprint density at radius 2 is 1.76 bits per heavy atom. The van der Waals surface area contributed by atoms with Gasteiger partial charge in [0, 0.05) is 50.2 Å². The van der Waals surface area contributed by atoms with E-state index in [1.165, 1.54) is 0 Å². The average Bonchev–Trinajstić information content (AvgIpc) is 3.27. The smallest absolute Gasteiger partial charge is 0.321 e. The molecule has 3 aromatic rings. The number of carbonyl (C=O) groups is 1. The molecule has 0 unspecified atom stereocenters. The van der Waals surface area contributed by atoms with E-state index in [4.69, 9.17) is 9.47 Å². The number of hydrogen-bond donors (Lipinski definition) is 2. The Kier molecular flexibility index (Phi) is 5.55. The van der Waals surface area contributed by atoms with Crippen molar-refractivity contribution in [3.63, 3.8) is 0 Å². The quantitative estimate of drug-likeness (QED) is 0.628. The predicted molar refractivity (Wildman–Crippen MR) is 124 cm³/mol. The van der Waals surface area contributed by atoms with E-state index in [1.54, 1.807) is 23.2 Å². The molecule has 4 heterocycles. The Bertz CT molecular complexity index is 1180. The number of carbonyl (C=O) groups excluding carboxylic acids is 1. The molecule has 0 spiro atoms. The van der Waals surface area contributed by atoms with Crippen molar-refractivity contribution in [3.8, 4) is 11.5 Å². The maximum atomic E-state index is 12.7. The van der Waals surface area contributed by atoms with Gasteiger partial charge < -0.3 is 29.9 Å². The van der Waals surface area contributed by atoms with Crippen molar-refractivity contribution in [3.05, 3.63) is 54.0 Å². The summed E-state index contributed by atoms with van der Waals surface area (Å²) in [5.41, 5.74) is 1.80. The Balaban J connectivity index is 1.21. The van der Waals surface area contributed by atoms with Crippen LogP contribution in [0.25, 0.3) is 0 Å². The number of piperazine rings is 1. The summed E-state index contributed by atoms with van der Waals surface area (Å²) in [6.45, 7) is 6.61. The molecule has 33 heavy (non-hydrogen) atoms. The highest BCUT2D eigenvalue weighted by Gasteiger charge is 2.23. The van der Waals surface area contributed by atoms with Crippen LogP contribution in [0.15, 0.2) is 42.6 Å². The number of amides is 2. The fourth-order valence-electron chi connectivity index (χ4n) is 3.83. The molecule has 0 radical (unpaired) electrons. The summed E-state index contributed by atoms with van der Waals surface area (Å²) in [6, 6.07) is 11.1. The number of nitrogens with one attached hydrogen (secondary N) is 2. The van der Waals surface area contributed by atoms with Gasteiger partial charge >= 0.3 is 6.03 Å². The predicted octanol–water partition coefficient (Wildman–Crippen LogP) is 3.31. The summed E-state index contributed by atoms with van der Waals surface area (Å²) in [4.78, 5) is 30.1. The summed E-state index contributed by atoms with van der Waals surface area (Å²) < 4.78 is 10.7. The van der Waals surface area contributed by atoms with Crippen molar-refractivity contribution in [2.45, 2.75) is 13.8 Å². The van der Waals surface area contributed by atoms with Crippen LogP contribution in [0.2, 0.25) is 0 Å². The van der Waals surface area contributed by atoms with Gasteiger partial charge in [0.1, 0.15) is 23.3 Å². The second-order valence-corrected chi connectivity index (χ2v) is 7.97. The molecule has 170 valence electrons. The summed E-state index contributed by atoms with van der Waals surface area (Å²) >= 11 is 0. The monoisotopic (exact) mass is 447 g/mol. The molecule has 2 aliphatic rings. The third-order valence-corrected chi connectivity index (χ3v) is 5.51. The van der Waals surface area contributed by atoms with E-state index in [2.05, 4.69) is 30.5 Å². The molecule has 2 N–H and O–H groups in total. The zero-order valence-electron chi connectivity index (χ0n) is 18.5. The van der Waals surface area contributed by atoms with Crippen molar-refractivity contribution < 1.29 is 14.3 Å². The molecule has 2 amide bonds. The van der Waals surface area contributed by atoms with Crippen LogP contribution >= 0.6 is 0 Å². The van der Waals surface area contributed by atoms with Crippen LogP contribution in [0.5, 0.6) is 11.5 Å². The van der Waals surface area contributed by atoms with E-state index in [9.17, 15) is 4.79 Å². The summed E-state index contributed by atoms with van der Waals surface area (Å²) in [5.74, 6) is 4.26. The number of nitrogens with zero attached hydrogens (tertiary/aromatic N) is 5. The van der Waals surface area contributed by atoms with Gasteiger partial charge in [0.15, 0.2) is 11.5 Å². The maximum absolute atomic E-state index is 12.7. The molecule has 2 aromatic heterocycles. The standard InChI is InChI=1S/C23H25N7O3/c1-15-5-6-24-20(11-15)28-21-13-22(26-16(2)25-21)29-7-9-30(10-8-29)23(31)27-17-3-4-18-19(12-17)33-14-32-18/h3-6,11-13H,7-10,14H2,1-2H3,(H,27,31)(H,24,25,26,28). The molecular formula is C23H25N7O3. The molecule has 1 aromatic carbocycles. The number of hydrogen-bond acceptors (Lipinski definition) is 8. The van der Waals surface area contributed by atoms with E-state index in [-0.39, 0.29) is 12.8 Å². The molecule has 1 fully saturated rings. The van der Waals surface area contributed by atoms with Gasteiger partial charge in [0.2, 0.25) is 6.79 Å². The molecule has 1 saturated heterocycles. The normalized spacial score (nSPS) is 14.8. The Hall–Kier alpha value is -4.08. The van der Waals surface area contributed by atoms with Crippen LogP contribution in [0.1, 0.15) is 11.4 Å². The lowest BCUT2D eigenvalue weighted by molar-refractivity contribution is 0.174. The average molecular weight is 447 g/mol. The largest absolute Gasteiger partial charge is 0.454 e. The highest BCUT2D eigenvalue weighted by atomic mass is 16.7. The van der Waals surface area contributed by atoms with Gasteiger partial charge in [0.05, 0.1) is 0 Å². The molecule has 5 rings (SSSR count). The van der Waals surface area contributed by atoms with Crippen LogP contribution in [-0.4, -0.2) is 58.9 Å². The Morgan fingerprint density at radius 3 is 2.58 bits per heavy atom. The second kappa shape index (κ2) is 8.81. The number of aryl methyl sites for hydroxylation is 2. The van der Waals surface area contributed by atoms with Gasteiger partial charge in [-0.1, -0.05) is 0 Å². The van der Waals surface area contributed by atoms with Gasteiger partial charge in [0.25, 0.3) is 0 Å². The van der Waals surface area contributed by atoms with E-state index in [0.717, 1.165) is 17.2 Å². The topological polar surface area (TPSA) is 105 Å². The molecule has 10 nitrogen and oxygen atoms in total. The summed E-state index contributed by atoms with van der Waals surface area (Å²) in [6.07, 6.45) is 1.76. The van der Waals surface area contributed by atoms with Crippen molar-refractivity contribution in [1.29, 1.82) is 0 Å². The lowest BCUT2D eigenvalue weighted by Crippen LogP contribution is -2.50. The molecule has 0 saturated carbocycles. The highest BCUT2D eigenvalue weighted by molar-refractivity contribution is 5.90. The number of aromatic nitrogens is 3. The Labute approximate surface area is 191 Å². The van der Waals surface area contributed by atoms with E-state index < -0.39 is 0 Å².